The van der Waals surface area contributed by atoms with Crippen molar-refractivity contribution in [1.82, 2.24) is 10.6 Å². The highest BCUT2D eigenvalue weighted by atomic mass is 14.9. The number of hydrogen-bond donors (Lipinski definition) is 2. The molecule has 2 nitrogen and oxygen atoms in total. The highest BCUT2D eigenvalue weighted by Crippen LogP contribution is 2.22. The zero-order chi connectivity index (χ0) is 23.0. The van der Waals surface area contributed by atoms with Gasteiger partial charge in [-0.05, 0) is 51.6 Å². The molecule has 0 radical (unpaired) electrons. The van der Waals surface area contributed by atoms with Crippen LogP contribution in [0.3, 0.4) is 0 Å². The van der Waals surface area contributed by atoms with Gasteiger partial charge in [-0.1, -0.05) is 129 Å². The van der Waals surface area contributed by atoms with E-state index >= 15 is 0 Å². The second-order valence-corrected chi connectivity index (χ2v) is 10.8. The van der Waals surface area contributed by atoms with Crippen molar-refractivity contribution in [2.75, 3.05) is 13.1 Å². The Bertz CT molecular complexity index is 313. The number of nitrogens with one attached hydrogen (secondary N) is 2. The van der Waals surface area contributed by atoms with E-state index in [1.807, 2.05) is 0 Å². The number of unbranched alkanes of at least 4 members (excludes halogenated alkanes) is 12. The largest absolute Gasteiger partial charge is 0.317 e. The van der Waals surface area contributed by atoms with Gasteiger partial charge in [0.1, 0.15) is 0 Å². The molecule has 0 aromatic carbocycles. The molecule has 0 amide bonds. The van der Waals surface area contributed by atoms with Crippen molar-refractivity contribution in [3.8, 4) is 0 Å². The minimum absolute atomic E-state index is 0.872. The molecular weight excluding hydrogens is 388 g/mol. The first-order chi connectivity index (χ1) is 15.9. The van der Waals surface area contributed by atoms with Crippen LogP contribution in [-0.2, 0) is 0 Å². The monoisotopic (exact) mass is 450 g/mol. The van der Waals surface area contributed by atoms with Gasteiger partial charge in [0, 0.05) is 12.1 Å². The Balaban J connectivity index is 0.000000339. The maximum atomic E-state index is 3.86. The summed E-state index contributed by atoms with van der Waals surface area (Å²) in [5, 5.41) is 7.45. The molecule has 32 heavy (non-hydrogen) atoms. The summed E-state index contributed by atoms with van der Waals surface area (Å²) in [6.45, 7) is 7.05. The van der Waals surface area contributed by atoms with E-state index in [0.717, 1.165) is 12.1 Å². The highest BCUT2D eigenvalue weighted by molar-refractivity contribution is 4.79. The normalized spacial score (nSPS) is 17.8. The summed E-state index contributed by atoms with van der Waals surface area (Å²) in [4.78, 5) is 0. The zero-order valence-electron chi connectivity index (χ0n) is 22.5. The molecule has 2 saturated carbocycles. The third kappa shape index (κ3) is 19.4. The van der Waals surface area contributed by atoms with Crippen LogP contribution in [0.4, 0.5) is 0 Å². The standard InChI is InChI=1S/C18H39N.C12H23N/c1-3-5-7-9-11-13-15-17-19-18-16-14-12-10-8-6-4-2;1-3-7-11(8-4-1)13-12-9-5-2-6-10-12/h19H,3-18H2,1-2H3;11-13H,1-10H2. The van der Waals surface area contributed by atoms with Gasteiger partial charge in [-0.15, -0.1) is 0 Å². The summed E-state index contributed by atoms with van der Waals surface area (Å²) >= 11 is 0. The Morgan fingerprint density at radius 2 is 0.781 bits per heavy atom. The molecule has 0 aromatic rings. The predicted octanol–water partition coefficient (Wildman–Crippen LogP) is 9.32. The summed E-state index contributed by atoms with van der Waals surface area (Å²) in [5.74, 6) is 0. The smallest absolute Gasteiger partial charge is 0.00696 e. The van der Waals surface area contributed by atoms with Gasteiger partial charge in [-0.2, -0.15) is 0 Å². The maximum absolute atomic E-state index is 3.86. The van der Waals surface area contributed by atoms with Crippen LogP contribution in [0, 0.1) is 0 Å². The van der Waals surface area contributed by atoms with Crippen LogP contribution >= 0.6 is 0 Å². The van der Waals surface area contributed by atoms with Crippen LogP contribution in [0.5, 0.6) is 0 Å². The molecule has 0 aromatic heterocycles. The zero-order valence-corrected chi connectivity index (χ0v) is 22.5. The molecule has 0 atom stereocenters. The molecule has 2 N–H and O–H groups in total. The molecule has 2 fully saturated rings. The lowest BCUT2D eigenvalue weighted by molar-refractivity contribution is 0.291. The molecule has 2 heteroatoms. The highest BCUT2D eigenvalue weighted by Gasteiger charge is 2.19. The maximum Gasteiger partial charge on any atom is 0.00696 e. The van der Waals surface area contributed by atoms with Crippen molar-refractivity contribution in [3.63, 3.8) is 0 Å². The van der Waals surface area contributed by atoms with E-state index in [2.05, 4.69) is 24.5 Å². The quantitative estimate of drug-likeness (QED) is 0.203. The molecule has 192 valence electrons. The summed E-state index contributed by atoms with van der Waals surface area (Å²) < 4.78 is 0. The molecule has 2 rings (SSSR count). The Hall–Kier alpha value is -0.0800. The van der Waals surface area contributed by atoms with Crippen LogP contribution < -0.4 is 10.6 Å². The third-order valence-corrected chi connectivity index (χ3v) is 7.60. The van der Waals surface area contributed by atoms with Gasteiger partial charge < -0.3 is 10.6 Å². The van der Waals surface area contributed by atoms with Crippen molar-refractivity contribution in [1.29, 1.82) is 0 Å². The topological polar surface area (TPSA) is 24.1 Å². The molecule has 2 aliphatic carbocycles. The van der Waals surface area contributed by atoms with Crippen molar-refractivity contribution >= 4 is 0 Å². The van der Waals surface area contributed by atoms with E-state index in [9.17, 15) is 0 Å². The summed E-state index contributed by atoms with van der Waals surface area (Å²) in [7, 11) is 0. The van der Waals surface area contributed by atoms with Gasteiger partial charge >= 0.3 is 0 Å². The van der Waals surface area contributed by atoms with E-state index in [1.54, 1.807) is 0 Å². The summed E-state index contributed by atoms with van der Waals surface area (Å²) in [6, 6.07) is 1.74. The molecule has 0 unspecified atom stereocenters. The number of rotatable bonds is 18. The minimum atomic E-state index is 0.872. The third-order valence-electron chi connectivity index (χ3n) is 7.60. The molecule has 0 aliphatic heterocycles. The lowest BCUT2D eigenvalue weighted by Gasteiger charge is -2.30. The first-order valence-corrected chi connectivity index (χ1v) is 15.3. The van der Waals surface area contributed by atoms with E-state index in [4.69, 9.17) is 0 Å². The molecule has 0 saturated heterocycles. The van der Waals surface area contributed by atoms with Gasteiger partial charge in [-0.25, -0.2) is 0 Å². The molecule has 0 spiro atoms. The first kappa shape index (κ1) is 30.0. The SMILES string of the molecule is C1CCC(NC2CCCCC2)CC1.CCCCCCCCCNCCCCCCCCC. The fourth-order valence-electron chi connectivity index (χ4n) is 5.41. The van der Waals surface area contributed by atoms with Gasteiger partial charge in [0.25, 0.3) is 0 Å². The van der Waals surface area contributed by atoms with Crippen LogP contribution in [0.15, 0.2) is 0 Å². The Morgan fingerprint density at radius 1 is 0.438 bits per heavy atom. The van der Waals surface area contributed by atoms with Crippen molar-refractivity contribution in [3.05, 3.63) is 0 Å². The van der Waals surface area contributed by atoms with Crippen LogP contribution in [0.2, 0.25) is 0 Å². The Morgan fingerprint density at radius 3 is 1.16 bits per heavy atom. The lowest BCUT2D eigenvalue weighted by atomic mass is 9.91. The van der Waals surface area contributed by atoms with Crippen LogP contribution in [0.1, 0.15) is 168 Å². The second kappa shape index (κ2) is 24.1. The fourth-order valence-corrected chi connectivity index (χ4v) is 5.41. The fraction of sp³-hybridized carbons (Fsp3) is 1.00. The number of hydrogen-bond acceptors (Lipinski definition) is 2. The van der Waals surface area contributed by atoms with Crippen LogP contribution in [-0.4, -0.2) is 25.2 Å². The minimum Gasteiger partial charge on any atom is -0.317 e. The molecule has 0 heterocycles. The van der Waals surface area contributed by atoms with E-state index < -0.39 is 0 Å². The Kier molecular flexibility index (Phi) is 22.5. The first-order valence-electron chi connectivity index (χ1n) is 15.3. The second-order valence-electron chi connectivity index (χ2n) is 10.8. The van der Waals surface area contributed by atoms with Gasteiger partial charge in [-0.3, -0.25) is 0 Å². The average Bonchev–Trinajstić information content (AvgIpc) is 2.83. The lowest BCUT2D eigenvalue weighted by Crippen LogP contribution is -2.40. The van der Waals surface area contributed by atoms with E-state index in [-0.39, 0.29) is 0 Å². The summed E-state index contributed by atoms with van der Waals surface area (Å²) in [6.07, 6.45) is 34.4. The van der Waals surface area contributed by atoms with Gasteiger partial charge in [0.15, 0.2) is 0 Å². The molecule has 2 aliphatic rings. The summed E-state index contributed by atoms with van der Waals surface area (Å²) in [5.41, 5.74) is 0. The average molecular weight is 451 g/mol. The van der Waals surface area contributed by atoms with Crippen molar-refractivity contribution in [2.45, 2.75) is 180 Å². The van der Waals surface area contributed by atoms with Crippen LogP contribution in [0.25, 0.3) is 0 Å². The molecule has 0 bridgehead atoms. The van der Waals surface area contributed by atoms with Crippen molar-refractivity contribution in [2.24, 2.45) is 0 Å². The van der Waals surface area contributed by atoms with Crippen molar-refractivity contribution < 1.29 is 0 Å². The van der Waals surface area contributed by atoms with E-state index in [1.165, 1.54) is 167 Å². The van der Waals surface area contributed by atoms with E-state index in [0.29, 0.717) is 0 Å². The molecular formula is C30H62N2. The Labute approximate surface area is 203 Å². The predicted molar refractivity (Wildman–Crippen MR) is 146 cm³/mol. The van der Waals surface area contributed by atoms with Gasteiger partial charge in [0.2, 0.25) is 0 Å². The van der Waals surface area contributed by atoms with Gasteiger partial charge in [0.05, 0.1) is 0 Å².